The molecule has 1 aliphatic carbocycles. The molecule has 0 amide bonds. The fourth-order valence-corrected chi connectivity index (χ4v) is 9.31. The summed E-state index contributed by atoms with van der Waals surface area (Å²) in [6, 6.07) is 72.7. The lowest BCUT2D eigenvalue weighted by Crippen LogP contribution is -2.16. The van der Waals surface area contributed by atoms with E-state index in [-0.39, 0.29) is 5.41 Å². The highest BCUT2D eigenvalue weighted by Gasteiger charge is 2.36. The number of para-hydroxylation sites is 2. The zero-order valence-corrected chi connectivity index (χ0v) is 31.9. The normalized spacial score (nSPS) is 12.9. The summed E-state index contributed by atoms with van der Waals surface area (Å²) in [5, 5.41) is 4.78. The van der Waals surface area contributed by atoms with Crippen LogP contribution in [0.15, 0.2) is 205 Å². The van der Waals surface area contributed by atoms with E-state index < -0.39 is 0 Å². The van der Waals surface area contributed by atoms with Crippen molar-refractivity contribution in [2.45, 2.75) is 19.3 Å². The van der Waals surface area contributed by atoms with Crippen LogP contribution < -0.4 is 4.90 Å². The van der Waals surface area contributed by atoms with Crippen LogP contribution in [0.4, 0.5) is 17.1 Å². The topological polar surface area (TPSA) is 16.4 Å². The van der Waals surface area contributed by atoms with E-state index in [0.29, 0.717) is 0 Å². The number of hydrogen-bond acceptors (Lipinski definition) is 2. The summed E-state index contributed by atoms with van der Waals surface area (Å²) in [7, 11) is 0. The predicted molar refractivity (Wildman–Crippen MR) is 240 cm³/mol. The molecule has 0 fully saturated rings. The van der Waals surface area contributed by atoms with Crippen LogP contribution in [0.1, 0.15) is 25.0 Å². The van der Waals surface area contributed by atoms with Crippen molar-refractivity contribution in [2.75, 3.05) is 4.90 Å². The molecule has 0 bridgehead atoms. The number of benzene rings is 9. The molecule has 2 heteroatoms. The third-order valence-corrected chi connectivity index (χ3v) is 12.1. The van der Waals surface area contributed by atoms with Crippen LogP contribution in [0.5, 0.6) is 0 Å². The SMILES string of the molecule is CC1(C)c2ccccc2-c2ccc(N(c3ccc(-c4cccc5oc6ccccc6c45)cc3)c3ccccc3-c3cccc(-c4cccc5ccccc45)c3)cc21. The predicted octanol–water partition coefficient (Wildman–Crippen LogP) is 15.5. The fraction of sp³-hybridized carbons (Fsp3) is 0.0545. The van der Waals surface area contributed by atoms with E-state index in [1.165, 1.54) is 60.8 Å². The number of anilines is 3. The average molecular weight is 730 g/mol. The highest BCUT2D eigenvalue weighted by molar-refractivity contribution is 6.12. The van der Waals surface area contributed by atoms with Gasteiger partial charge in [-0.3, -0.25) is 0 Å². The average Bonchev–Trinajstić information content (AvgIpc) is 3.76. The largest absolute Gasteiger partial charge is 0.456 e. The fourth-order valence-electron chi connectivity index (χ4n) is 9.31. The van der Waals surface area contributed by atoms with Crippen molar-refractivity contribution in [3.63, 3.8) is 0 Å². The standard InChI is InChI=1S/C55H39NO/c1-55(2)49-24-8-5-20-46(49)47-33-32-41(35-50(47)55)56(40-30-28-37(29-31-40)45-23-13-27-53-54(45)48-21-7-10-26-52(48)57-53)51-25-9-6-19-44(51)39-17-11-16-38(34-39)43-22-12-15-36-14-3-4-18-42(36)43/h3-35H,1-2H3. The monoisotopic (exact) mass is 729 g/mol. The summed E-state index contributed by atoms with van der Waals surface area (Å²) >= 11 is 0. The lowest BCUT2D eigenvalue weighted by atomic mass is 9.82. The van der Waals surface area contributed by atoms with Crippen LogP contribution in [-0.2, 0) is 5.41 Å². The van der Waals surface area contributed by atoms with E-state index in [9.17, 15) is 0 Å². The molecular weight excluding hydrogens is 691 g/mol. The second kappa shape index (κ2) is 13.0. The Bertz CT molecular complexity index is 3160. The van der Waals surface area contributed by atoms with Gasteiger partial charge >= 0.3 is 0 Å². The van der Waals surface area contributed by atoms with E-state index in [2.05, 4.69) is 207 Å². The van der Waals surface area contributed by atoms with Gasteiger partial charge in [-0.1, -0.05) is 166 Å². The molecule has 0 atom stereocenters. The lowest BCUT2D eigenvalue weighted by molar-refractivity contribution is 0.660. The molecule has 0 unspecified atom stereocenters. The van der Waals surface area contributed by atoms with Crippen molar-refractivity contribution < 1.29 is 4.42 Å². The smallest absolute Gasteiger partial charge is 0.136 e. The van der Waals surface area contributed by atoms with Crippen molar-refractivity contribution in [3.05, 3.63) is 211 Å². The maximum atomic E-state index is 6.27. The Balaban J connectivity index is 1.08. The van der Waals surface area contributed by atoms with Gasteiger partial charge in [0.05, 0.1) is 5.69 Å². The second-order valence-corrected chi connectivity index (χ2v) is 15.7. The number of fused-ring (bicyclic) bond motifs is 7. The summed E-state index contributed by atoms with van der Waals surface area (Å²) in [5.41, 5.74) is 17.5. The quantitative estimate of drug-likeness (QED) is 0.169. The maximum absolute atomic E-state index is 6.27. The molecule has 0 radical (unpaired) electrons. The molecule has 11 rings (SSSR count). The van der Waals surface area contributed by atoms with Gasteiger partial charge in [-0.15, -0.1) is 0 Å². The Hall–Kier alpha value is -7.16. The Morgan fingerprint density at radius 3 is 1.86 bits per heavy atom. The Labute approximate surface area is 332 Å². The van der Waals surface area contributed by atoms with E-state index in [1.54, 1.807) is 0 Å². The van der Waals surface area contributed by atoms with E-state index in [1.807, 2.05) is 12.1 Å². The summed E-state index contributed by atoms with van der Waals surface area (Å²) < 4.78 is 6.27. The molecule has 9 aromatic carbocycles. The highest BCUT2D eigenvalue weighted by Crippen LogP contribution is 2.51. The first-order valence-corrected chi connectivity index (χ1v) is 19.8. The van der Waals surface area contributed by atoms with Gasteiger partial charge in [-0.2, -0.15) is 0 Å². The minimum atomic E-state index is -0.129. The van der Waals surface area contributed by atoms with Gasteiger partial charge in [0, 0.05) is 33.1 Å². The van der Waals surface area contributed by atoms with E-state index >= 15 is 0 Å². The van der Waals surface area contributed by atoms with Gasteiger partial charge in [0.25, 0.3) is 0 Å². The lowest BCUT2D eigenvalue weighted by Gasteiger charge is -2.30. The van der Waals surface area contributed by atoms with Crippen LogP contribution >= 0.6 is 0 Å². The van der Waals surface area contributed by atoms with E-state index in [0.717, 1.165) is 44.6 Å². The van der Waals surface area contributed by atoms with Crippen molar-refractivity contribution in [1.82, 2.24) is 0 Å². The molecule has 270 valence electrons. The first-order valence-electron chi connectivity index (χ1n) is 19.8. The minimum absolute atomic E-state index is 0.129. The van der Waals surface area contributed by atoms with Crippen molar-refractivity contribution in [3.8, 4) is 44.5 Å². The van der Waals surface area contributed by atoms with Crippen LogP contribution in [0.2, 0.25) is 0 Å². The zero-order chi connectivity index (χ0) is 38.1. The molecular formula is C55H39NO. The number of rotatable bonds is 6. The van der Waals surface area contributed by atoms with Crippen molar-refractivity contribution in [2.24, 2.45) is 0 Å². The highest BCUT2D eigenvalue weighted by atomic mass is 16.3. The number of nitrogens with zero attached hydrogens (tertiary/aromatic N) is 1. The first kappa shape index (κ1) is 33.2. The number of furan rings is 1. The summed E-state index contributed by atoms with van der Waals surface area (Å²) in [6.45, 7) is 4.71. The molecule has 0 spiro atoms. The van der Waals surface area contributed by atoms with Crippen LogP contribution in [0.25, 0.3) is 77.2 Å². The van der Waals surface area contributed by atoms with Crippen molar-refractivity contribution >= 4 is 49.8 Å². The van der Waals surface area contributed by atoms with Gasteiger partial charge < -0.3 is 9.32 Å². The molecule has 1 heterocycles. The van der Waals surface area contributed by atoms with Crippen LogP contribution in [0, 0.1) is 0 Å². The molecule has 0 aliphatic heterocycles. The third kappa shape index (κ3) is 5.33. The maximum Gasteiger partial charge on any atom is 0.136 e. The molecule has 0 saturated heterocycles. The van der Waals surface area contributed by atoms with Gasteiger partial charge in [0.2, 0.25) is 0 Å². The molecule has 2 nitrogen and oxygen atoms in total. The molecule has 0 N–H and O–H groups in total. The third-order valence-electron chi connectivity index (χ3n) is 12.1. The molecule has 1 aromatic heterocycles. The van der Waals surface area contributed by atoms with Gasteiger partial charge in [-0.05, 0) is 109 Å². The summed E-state index contributed by atoms with van der Waals surface area (Å²) in [4.78, 5) is 2.44. The first-order chi connectivity index (χ1) is 28.0. The van der Waals surface area contributed by atoms with Crippen LogP contribution in [0.3, 0.4) is 0 Å². The second-order valence-electron chi connectivity index (χ2n) is 15.7. The van der Waals surface area contributed by atoms with Gasteiger partial charge in [-0.25, -0.2) is 0 Å². The number of hydrogen-bond donors (Lipinski definition) is 0. The summed E-state index contributed by atoms with van der Waals surface area (Å²) in [6.07, 6.45) is 0. The zero-order valence-electron chi connectivity index (χ0n) is 31.9. The Kier molecular flexibility index (Phi) is 7.55. The van der Waals surface area contributed by atoms with Crippen LogP contribution in [-0.4, -0.2) is 0 Å². The Morgan fingerprint density at radius 2 is 0.982 bits per heavy atom. The Morgan fingerprint density at radius 1 is 0.386 bits per heavy atom. The van der Waals surface area contributed by atoms with E-state index in [4.69, 9.17) is 4.42 Å². The molecule has 57 heavy (non-hydrogen) atoms. The molecule has 0 saturated carbocycles. The molecule has 10 aromatic rings. The minimum Gasteiger partial charge on any atom is -0.456 e. The summed E-state index contributed by atoms with van der Waals surface area (Å²) in [5.74, 6) is 0. The van der Waals surface area contributed by atoms with Gasteiger partial charge in [0.1, 0.15) is 11.2 Å². The van der Waals surface area contributed by atoms with Gasteiger partial charge in [0.15, 0.2) is 0 Å². The molecule has 1 aliphatic rings. The van der Waals surface area contributed by atoms with Crippen molar-refractivity contribution in [1.29, 1.82) is 0 Å².